The van der Waals surface area contributed by atoms with E-state index in [-0.39, 0.29) is 0 Å². The molecule has 2 nitrogen and oxygen atoms in total. The van der Waals surface area contributed by atoms with Crippen molar-refractivity contribution in [1.29, 1.82) is 0 Å². The van der Waals surface area contributed by atoms with Crippen LogP contribution in [0.15, 0.2) is 182 Å². The van der Waals surface area contributed by atoms with Crippen LogP contribution in [0.5, 0.6) is 0 Å². The molecule has 0 aliphatic heterocycles. The minimum absolute atomic E-state index is 1.13. The molecule has 0 radical (unpaired) electrons. The molecule has 0 N–H and O–H groups in total. The quantitative estimate of drug-likeness (QED) is 0.181. The number of rotatable bonds is 5. The fraction of sp³-hybridized carbons (Fsp3) is 0. The highest BCUT2D eigenvalue weighted by Gasteiger charge is 2.19. The zero-order valence-corrected chi connectivity index (χ0v) is 27.4. The Labute approximate surface area is 288 Å². The Kier molecular flexibility index (Phi) is 6.39. The van der Waals surface area contributed by atoms with Crippen molar-refractivity contribution in [3.8, 4) is 16.8 Å². The van der Waals surface area contributed by atoms with Crippen LogP contribution in [0, 0.1) is 0 Å². The Bertz CT molecular complexity index is 2810. The third kappa shape index (κ3) is 4.47. The fourth-order valence-corrected chi connectivity index (χ4v) is 8.79. The molecule has 0 bridgehead atoms. The monoisotopic (exact) mass is 642 g/mol. The van der Waals surface area contributed by atoms with Crippen molar-refractivity contribution in [3.05, 3.63) is 182 Å². The highest BCUT2D eigenvalue weighted by molar-refractivity contribution is 7.26. The third-order valence-corrected chi connectivity index (χ3v) is 11.0. The van der Waals surface area contributed by atoms with E-state index < -0.39 is 0 Å². The van der Waals surface area contributed by atoms with Gasteiger partial charge in [-0.15, -0.1) is 11.3 Å². The van der Waals surface area contributed by atoms with E-state index in [0.29, 0.717) is 0 Å². The highest BCUT2D eigenvalue weighted by atomic mass is 32.1. The molecule has 0 aliphatic carbocycles. The van der Waals surface area contributed by atoms with Crippen LogP contribution in [-0.4, -0.2) is 4.57 Å². The first-order valence-corrected chi connectivity index (χ1v) is 17.5. The van der Waals surface area contributed by atoms with E-state index in [1.165, 1.54) is 75.3 Å². The summed E-state index contributed by atoms with van der Waals surface area (Å²) in [5, 5.41) is 7.70. The lowest BCUT2D eigenvalue weighted by atomic mass is 10.0. The Morgan fingerprint density at radius 1 is 0.429 bits per heavy atom. The van der Waals surface area contributed by atoms with E-state index in [9.17, 15) is 0 Å². The number of anilines is 3. The van der Waals surface area contributed by atoms with Gasteiger partial charge in [-0.05, 0) is 83.2 Å². The molecule has 49 heavy (non-hydrogen) atoms. The van der Waals surface area contributed by atoms with Crippen LogP contribution >= 0.6 is 11.3 Å². The number of hydrogen-bond donors (Lipinski definition) is 0. The maximum absolute atomic E-state index is 2.42. The van der Waals surface area contributed by atoms with E-state index in [1.54, 1.807) is 0 Å². The summed E-state index contributed by atoms with van der Waals surface area (Å²) in [5.74, 6) is 0. The van der Waals surface area contributed by atoms with Gasteiger partial charge < -0.3 is 9.47 Å². The molecule has 3 heteroatoms. The Morgan fingerprint density at radius 3 is 1.92 bits per heavy atom. The lowest BCUT2D eigenvalue weighted by Crippen LogP contribution is -2.10. The molecule has 0 aliphatic rings. The number of hydrogen-bond acceptors (Lipinski definition) is 2. The Balaban J connectivity index is 1.15. The minimum Gasteiger partial charge on any atom is -0.310 e. The van der Waals surface area contributed by atoms with Gasteiger partial charge in [0, 0.05) is 53.4 Å². The largest absolute Gasteiger partial charge is 0.310 e. The van der Waals surface area contributed by atoms with Crippen molar-refractivity contribution >= 4 is 81.1 Å². The van der Waals surface area contributed by atoms with Gasteiger partial charge in [-0.3, -0.25) is 0 Å². The van der Waals surface area contributed by atoms with Gasteiger partial charge in [-0.25, -0.2) is 0 Å². The van der Waals surface area contributed by atoms with Crippen LogP contribution in [0.4, 0.5) is 17.1 Å². The molecule has 0 atom stereocenters. The van der Waals surface area contributed by atoms with E-state index in [0.717, 1.165) is 11.4 Å². The zero-order valence-electron chi connectivity index (χ0n) is 26.6. The molecule has 2 aromatic heterocycles. The van der Waals surface area contributed by atoms with Gasteiger partial charge in [0.05, 0.1) is 16.7 Å². The van der Waals surface area contributed by atoms with Crippen LogP contribution in [0.2, 0.25) is 0 Å². The number of thiophene rings is 1. The minimum atomic E-state index is 1.13. The third-order valence-electron chi connectivity index (χ3n) is 9.77. The standard InChI is InChI=1S/C46H30N2S/c1-3-14-34(15-4-1)47(41-20-11-13-32-12-7-8-18-37(32)41)36-25-22-31(23-26-36)33-24-28-42-40(30-33)45-43(48(42)35-16-5-2-6-17-35)29-27-39-38-19-9-10-21-44(38)49-46(39)45/h1-30H. The molecule has 10 aromatic rings. The van der Waals surface area contributed by atoms with Crippen LogP contribution in [0.3, 0.4) is 0 Å². The number of nitrogens with zero attached hydrogens (tertiary/aromatic N) is 2. The molecule has 10 rings (SSSR count). The highest BCUT2D eigenvalue weighted by Crippen LogP contribution is 2.45. The first-order chi connectivity index (χ1) is 24.3. The molecule has 230 valence electrons. The summed E-state index contributed by atoms with van der Waals surface area (Å²) in [6, 6.07) is 66.0. The summed E-state index contributed by atoms with van der Waals surface area (Å²) in [6.07, 6.45) is 0. The summed E-state index contributed by atoms with van der Waals surface area (Å²) in [5.41, 5.74) is 9.46. The second kappa shape index (κ2) is 11.2. The maximum Gasteiger partial charge on any atom is 0.0555 e. The Morgan fingerprint density at radius 2 is 1.08 bits per heavy atom. The van der Waals surface area contributed by atoms with Crippen molar-refractivity contribution in [2.24, 2.45) is 0 Å². The summed E-state index contributed by atoms with van der Waals surface area (Å²) in [6.45, 7) is 0. The first kappa shape index (κ1) is 27.9. The van der Waals surface area contributed by atoms with Gasteiger partial charge in [0.2, 0.25) is 0 Å². The second-order valence-electron chi connectivity index (χ2n) is 12.6. The fourth-order valence-electron chi connectivity index (χ4n) is 7.53. The van der Waals surface area contributed by atoms with E-state index in [1.807, 2.05) is 11.3 Å². The molecule has 0 amide bonds. The number of benzene rings is 8. The molecular weight excluding hydrogens is 613 g/mol. The van der Waals surface area contributed by atoms with Crippen molar-refractivity contribution in [3.63, 3.8) is 0 Å². The van der Waals surface area contributed by atoms with Crippen molar-refractivity contribution in [1.82, 2.24) is 4.57 Å². The number of para-hydroxylation sites is 2. The average Bonchev–Trinajstić information content (AvgIpc) is 3.72. The number of aromatic nitrogens is 1. The molecule has 0 spiro atoms. The van der Waals surface area contributed by atoms with E-state index in [4.69, 9.17) is 0 Å². The average molecular weight is 643 g/mol. The maximum atomic E-state index is 2.42. The Hall–Kier alpha value is -6.16. The van der Waals surface area contributed by atoms with Gasteiger partial charge >= 0.3 is 0 Å². The molecule has 0 saturated carbocycles. The van der Waals surface area contributed by atoms with Gasteiger partial charge in [0.25, 0.3) is 0 Å². The molecule has 2 heterocycles. The van der Waals surface area contributed by atoms with Crippen molar-refractivity contribution in [2.75, 3.05) is 4.90 Å². The molecular formula is C46H30N2S. The van der Waals surface area contributed by atoms with E-state index in [2.05, 4.69) is 191 Å². The summed E-state index contributed by atoms with van der Waals surface area (Å²) < 4.78 is 5.09. The van der Waals surface area contributed by atoms with Crippen LogP contribution in [0.25, 0.3) is 69.6 Å². The van der Waals surface area contributed by atoms with E-state index >= 15 is 0 Å². The molecule has 8 aromatic carbocycles. The van der Waals surface area contributed by atoms with Crippen LogP contribution < -0.4 is 4.90 Å². The number of fused-ring (bicyclic) bond motifs is 8. The smallest absolute Gasteiger partial charge is 0.0555 e. The lowest BCUT2D eigenvalue weighted by molar-refractivity contribution is 1.18. The molecule has 0 saturated heterocycles. The molecule has 0 unspecified atom stereocenters. The van der Waals surface area contributed by atoms with Crippen molar-refractivity contribution < 1.29 is 0 Å². The summed E-state index contributed by atoms with van der Waals surface area (Å²) >= 11 is 1.90. The van der Waals surface area contributed by atoms with Gasteiger partial charge in [-0.2, -0.15) is 0 Å². The lowest BCUT2D eigenvalue weighted by Gasteiger charge is -2.27. The van der Waals surface area contributed by atoms with Crippen LogP contribution in [0.1, 0.15) is 0 Å². The SMILES string of the molecule is c1ccc(N(c2ccc(-c3ccc4c(c3)c3c5sc6ccccc6c5ccc3n4-c3ccccc3)cc2)c2cccc3ccccc23)cc1. The van der Waals surface area contributed by atoms with Gasteiger partial charge in [-0.1, -0.05) is 115 Å². The predicted molar refractivity (Wildman–Crippen MR) is 211 cm³/mol. The van der Waals surface area contributed by atoms with Crippen molar-refractivity contribution in [2.45, 2.75) is 0 Å². The summed E-state index contributed by atoms with van der Waals surface area (Å²) in [7, 11) is 0. The van der Waals surface area contributed by atoms with Gasteiger partial charge in [0.15, 0.2) is 0 Å². The first-order valence-electron chi connectivity index (χ1n) is 16.7. The predicted octanol–water partition coefficient (Wildman–Crippen LogP) is 13.4. The molecule has 0 fully saturated rings. The topological polar surface area (TPSA) is 8.17 Å². The summed E-state index contributed by atoms with van der Waals surface area (Å²) in [4.78, 5) is 2.36. The zero-order chi connectivity index (χ0) is 32.3. The van der Waals surface area contributed by atoms with Gasteiger partial charge in [0.1, 0.15) is 0 Å². The normalized spacial score (nSPS) is 11.7. The van der Waals surface area contributed by atoms with Crippen LogP contribution in [-0.2, 0) is 0 Å². The second-order valence-corrected chi connectivity index (χ2v) is 13.6.